The lowest BCUT2D eigenvalue weighted by atomic mass is 9.98. The first-order valence-electron chi connectivity index (χ1n) is 11.8. The van der Waals surface area contributed by atoms with Gasteiger partial charge in [-0.05, 0) is 36.5 Å². The minimum atomic E-state index is -0.381. The van der Waals surface area contributed by atoms with E-state index in [1.165, 1.54) is 0 Å². The van der Waals surface area contributed by atoms with Gasteiger partial charge in [0.1, 0.15) is 5.82 Å². The SMILES string of the molecule is Nc1ncc(-c2ccccc2CCc2nc(NC3CC3)n3ncc(/C=C4\CC(=O)NC4=O)c3n2)cn1. The van der Waals surface area contributed by atoms with Gasteiger partial charge >= 0.3 is 0 Å². The molecule has 6 rings (SSSR count). The molecule has 0 radical (unpaired) electrons. The van der Waals surface area contributed by atoms with Crippen molar-refractivity contribution in [3.8, 4) is 11.1 Å². The Morgan fingerprint density at radius 1 is 1.08 bits per heavy atom. The fourth-order valence-electron chi connectivity index (χ4n) is 4.21. The van der Waals surface area contributed by atoms with E-state index in [1.54, 1.807) is 29.2 Å². The van der Waals surface area contributed by atoms with Crippen LogP contribution < -0.4 is 16.4 Å². The van der Waals surface area contributed by atoms with E-state index in [9.17, 15) is 9.59 Å². The number of nitrogens with zero attached hydrogens (tertiary/aromatic N) is 6. The molecule has 0 unspecified atom stereocenters. The molecule has 11 nitrogen and oxygen atoms in total. The Morgan fingerprint density at radius 3 is 2.64 bits per heavy atom. The van der Waals surface area contributed by atoms with Crippen molar-refractivity contribution in [1.82, 2.24) is 34.9 Å². The lowest BCUT2D eigenvalue weighted by Gasteiger charge is -2.11. The lowest BCUT2D eigenvalue weighted by Crippen LogP contribution is -2.19. The normalized spacial score (nSPS) is 16.6. The molecule has 11 heteroatoms. The molecular formula is C25H23N9O2. The van der Waals surface area contributed by atoms with Crippen molar-refractivity contribution in [2.24, 2.45) is 0 Å². The van der Waals surface area contributed by atoms with Gasteiger partial charge in [-0.3, -0.25) is 14.9 Å². The monoisotopic (exact) mass is 481 g/mol. The molecule has 0 bridgehead atoms. The molecule has 2 aliphatic rings. The smallest absolute Gasteiger partial charge is 0.254 e. The number of nitrogens with one attached hydrogen (secondary N) is 2. The van der Waals surface area contributed by atoms with Gasteiger partial charge in [0.15, 0.2) is 5.65 Å². The van der Waals surface area contributed by atoms with Crippen molar-refractivity contribution >= 4 is 35.4 Å². The molecule has 36 heavy (non-hydrogen) atoms. The third-order valence-corrected chi connectivity index (χ3v) is 6.20. The molecule has 180 valence electrons. The quantitative estimate of drug-likeness (QED) is 0.265. The van der Waals surface area contributed by atoms with Crippen molar-refractivity contribution in [2.75, 3.05) is 11.1 Å². The number of anilines is 2. The molecule has 0 spiro atoms. The number of rotatable bonds is 7. The molecular weight excluding hydrogens is 458 g/mol. The van der Waals surface area contributed by atoms with Crippen LogP contribution in [-0.2, 0) is 22.4 Å². The molecule has 2 fully saturated rings. The third kappa shape index (κ3) is 4.38. The number of imide groups is 1. The number of fused-ring (bicyclic) bond motifs is 1. The second-order valence-electron chi connectivity index (χ2n) is 8.93. The Labute approximate surface area is 205 Å². The zero-order valence-electron chi connectivity index (χ0n) is 19.3. The fourth-order valence-corrected chi connectivity index (χ4v) is 4.21. The summed E-state index contributed by atoms with van der Waals surface area (Å²) in [4.78, 5) is 41.5. The van der Waals surface area contributed by atoms with E-state index in [0.717, 1.165) is 29.5 Å². The van der Waals surface area contributed by atoms with Crippen molar-refractivity contribution in [3.63, 3.8) is 0 Å². The summed E-state index contributed by atoms with van der Waals surface area (Å²) in [5.41, 5.74) is 10.3. The number of benzene rings is 1. The number of amides is 2. The first-order valence-corrected chi connectivity index (χ1v) is 11.8. The number of aromatic nitrogens is 6. The number of nitrogen functional groups attached to an aromatic ring is 1. The fraction of sp³-hybridized carbons (Fsp3) is 0.240. The Morgan fingerprint density at radius 2 is 1.89 bits per heavy atom. The van der Waals surface area contributed by atoms with E-state index in [1.807, 2.05) is 18.2 Å². The Balaban J connectivity index is 1.33. The van der Waals surface area contributed by atoms with Crippen LogP contribution >= 0.6 is 0 Å². The molecule has 4 aromatic rings. The van der Waals surface area contributed by atoms with Gasteiger partial charge in [0.05, 0.1) is 12.6 Å². The highest BCUT2D eigenvalue weighted by molar-refractivity contribution is 6.15. The minimum absolute atomic E-state index is 0.0485. The van der Waals surface area contributed by atoms with E-state index >= 15 is 0 Å². The predicted octanol–water partition coefficient (Wildman–Crippen LogP) is 1.95. The summed E-state index contributed by atoms with van der Waals surface area (Å²) >= 11 is 0. The molecule has 0 atom stereocenters. The topological polar surface area (TPSA) is 153 Å². The maximum absolute atomic E-state index is 12.1. The van der Waals surface area contributed by atoms with Crippen LogP contribution in [0.1, 0.15) is 36.2 Å². The van der Waals surface area contributed by atoms with Gasteiger partial charge < -0.3 is 11.1 Å². The lowest BCUT2D eigenvalue weighted by molar-refractivity contribution is -0.124. The zero-order chi connectivity index (χ0) is 24.6. The van der Waals surface area contributed by atoms with Gasteiger partial charge in [-0.25, -0.2) is 15.0 Å². The summed E-state index contributed by atoms with van der Waals surface area (Å²) in [6.45, 7) is 0. The van der Waals surface area contributed by atoms with Crippen molar-refractivity contribution < 1.29 is 9.59 Å². The van der Waals surface area contributed by atoms with Crippen molar-refractivity contribution in [2.45, 2.75) is 38.1 Å². The molecule has 2 amide bonds. The van der Waals surface area contributed by atoms with Gasteiger partial charge in [0, 0.05) is 41.6 Å². The van der Waals surface area contributed by atoms with E-state index in [-0.39, 0.29) is 24.2 Å². The van der Waals surface area contributed by atoms with Crippen molar-refractivity contribution in [3.05, 3.63) is 65.4 Å². The molecule has 4 heterocycles. The number of aryl methyl sites for hydroxylation is 2. The molecule has 1 aliphatic carbocycles. The summed E-state index contributed by atoms with van der Waals surface area (Å²) < 4.78 is 1.66. The van der Waals surface area contributed by atoms with Crippen LogP contribution in [0.2, 0.25) is 0 Å². The molecule has 1 aromatic carbocycles. The second kappa shape index (κ2) is 8.84. The molecule has 1 aliphatic heterocycles. The highest BCUT2D eigenvalue weighted by Gasteiger charge is 2.26. The highest BCUT2D eigenvalue weighted by atomic mass is 16.2. The molecule has 1 saturated heterocycles. The number of nitrogens with two attached hydrogens (primary N) is 1. The number of carbonyl (C=O) groups excluding carboxylic acids is 2. The summed E-state index contributed by atoms with van der Waals surface area (Å²) in [7, 11) is 0. The standard InChI is InChI=1S/C25H23N9O2/c26-24-27-11-17(12-28-24)19-4-2-1-3-14(19)5-8-20-31-22-16(9-15-10-21(35)33-23(15)36)13-29-34(22)25(32-20)30-18-6-7-18/h1-4,9,11-13,18H,5-8,10H2,(H2,26,27,28)(H,30,31,32)(H,33,35,36)/b15-9+. The highest BCUT2D eigenvalue weighted by Crippen LogP contribution is 2.27. The average molecular weight is 482 g/mol. The van der Waals surface area contributed by atoms with E-state index in [2.05, 4.69) is 31.8 Å². The summed E-state index contributed by atoms with van der Waals surface area (Å²) in [5.74, 6) is 0.822. The van der Waals surface area contributed by atoms with Gasteiger partial charge in [0.25, 0.3) is 5.91 Å². The van der Waals surface area contributed by atoms with E-state index in [4.69, 9.17) is 15.7 Å². The van der Waals surface area contributed by atoms with E-state index in [0.29, 0.717) is 47.4 Å². The largest absolute Gasteiger partial charge is 0.368 e. The summed E-state index contributed by atoms with van der Waals surface area (Å²) in [5, 5.41) is 10.2. The van der Waals surface area contributed by atoms with Crippen LogP contribution in [0.4, 0.5) is 11.9 Å². The van der Waals surface area contributed by atoms with Crippen LogP contribution in [0.5, 0.6) is 0 Å². The Kier molecular flexibility index (Phi) is 5.36. The first-order chi connectivity index (χ1) is 17.5. The second-order valence-corrected chi connectivity index (χ2v) is 8.93. The maximum Gasteiger partial charge on any atom is 0.254 e. The predicted molar refractivity (Wildman–Crippen MR) is 132 cm³/mol. The zero-order valence-corrected chi connectivity index (χ0v) is 19.3. The maximum atomic E-state index is 12.1. The van der Waals surface area contributed by atoms with Crippen LogP contribution in [-0.4, -0.2) is 47.4 Å². The van der Waals surface area contributed by atoms with Gasteiger partial charge in [0.2, 0.25) is 17.8 Å². The first kappa shape index (κ1) is 21.8. The van der Waals surface area contributed by atoms with E-state index < -0.39 is 0 Å². The Hall–Kier alpha value is -4.67. The van der Waals surface area contributed by atoms with Gasteiger partial charge in [-0.1, -0.05) is 24.3 Å². The Bertz CT molecular complexity index is 1520. The third-order valence-electron chi connectivity index (χ3n) is 6.20. The van der Waals surface area contributed by atoms with Crippen LogP contribution in [0.3, 0.4) is 0 Å². The van der Waals surface area contributed by atoms with Crippen LogP contribution in [0.25, 0.3) is 22.9 Å². The summed E-state index contributed by atoms with van der Waals surface area (Å²) in [6, 6.07) is 8.44. The van der Waals surface area contributed by atoms with Gasteiger partial charge in [-0.2, -0.15) is 14.6 Å². The summed E-state index contributed by atoms with van der Waals surface area (Å²) in [6.07, 6.45) is 10.3. The van der Waals surface area contributed by atoms with Crippen LogP contribution in [0, 0.1) is 0 Å². The van der Waals surface area contributed by atoms with Crippen molar-refractivity contribution in [1.29, 1.82) is 0 Å². The number of carbonyl (C=O) groups is 2. The average Bonchev–Trinajstić information content (AvgIpc) is 3.51. The number of hydrogen-bond donors (Lipinski definition) is 3. The number of hydrogen-bond acceptors (Lipinski definition) is 9. The van der Waals surface area contributed by atoms with Gasteiger partial charge in [-0.15, -0.1) is 0 Å². The minimum Gasteiger partial charge on any atom is -0.368 e. The van der Waals surface area contributed by atoms with Crippen LogP contribution in [0.15, 0.2) is 48.4 Å². The molecule has 3 aromatic heterocycles. The molecule has 4 N–H and O–H groups in total. The molecule has 1 saturated carbocycles.